The van der Waals surface area contributed by atoms with E-state index in [-0.39, 0.29) is 18.1 Å². The summed E-state index contributed by atoms with van der Waals surface area (Å²) < 4.78 is 3.03. The third-order valence-electron chi connectivity index (χ3n) is 4.29. The summed E-state index contributed by atoms with van der Waals surface area (Å²) in [4.78, 5) is 29.4. The van der Waals surface area contributed by atoms with Gasteiger partial charge in [0.25, 0.3) is 0 Å². The number of pyridine rings is 1. The molecule has 1 N–H and O–H groups in total. The molecule has 1 saturated carbocycles. The van der Waals surface area contributed by atoms with Crippen molar-refractivity contribution in [2.75, 3.05) is 6.54 Å². The van der Waals surface area contributed by atoms with Crippen LogP contribution >= 0.6 is 0 Å². The van der Waals surface area contributed by atoms with Crippen LogP contribution in [0.3, 0.4) is 0 Å². The zero-order chi connectivity index (χ0) is 16.5. The maximum Gasteiger partial charge on any atom is 0.335 e. The van der Waals surface area contributed by atoms with Gasteiger partial charge < -0.3 is 5.32 Å². The van der Waals surface area contributed by atoms with Crippen molar-refractivity contribution in [3.8, 4) is 5.69 Å². The molecule has 0 saturated heterocycles. The number of aromatic nitrogens is 3. The molecule has 0 aliphatic heterocycles. The van der Waals surface area contributed by atoms with Crippen molar-refractivity contribution in [1.82, 2.24) is 19.4 Å². The average Bonchev–Trinajstić information content (AvgIpc) is 3.40. The van der Waals surface area contributed by atoms with Gasteiger partial charge in [-0.2, -0.15) is 0 Å². The number of carbonyl (C=O) groups excluding carboxylic acids is 1. The van der Waals surface area contributed by atoms with Crippen LogP contribution in [0.25, 0.3) is 16.9 Å². The molecule has 1 fully saturated rings. The lowest BCUT2D eigenvalue weighted by molar-refractivity contribution is -0.121. The number of nitrogens with zero attached hydrogens (tertiary/aromatic N) is 3. The predicted octanol–water partition coefficient (Wildman–Crippen LogP) is 1.71. The number of fused-ring (bicyclic) bond motifs is 1. The molecule has 0 spiro atoms. The highest BCUT2D eigenvalue weighted by Gasteiger charge is 2.22. The molecule has 0 unspecified atom stereocenters. The fourth-order valence-electron chi connectivity index (χ4n) is 2.83. The summed E-state index contributed by atoms with van der Waals surface area (Å²) in [6.45, 7) is 0.705. The summed E-state index contributed by atoms with van der Waals surface area (Å²) >= 11 is 0. The molecule has 1 amide bonds. The molecule has 122 valence electrons. The second kappa shape index (κ2) is 5.96. The van der Waals surface area contributed by atoms with Gasteiger partial charge in [0.05, 0.1) is 11.2 Å². The smallest absolute Gasteiger partial charge is 0.335 e. The first kappa shape index (κ1) is 14.7. The lowest BCUT2D eigenvalue weighted by Crippen LogP contribution is -2.33. The molecule has 0 bridgehead atoms. The quantitative estimate of drug-likeness (QED) is 0.777. The molecule has 4 rings (SSSR count). The predicted molar refractivity (Wildman–Crippen MR) is 91.1 cm³/mol. The molecule has 0 radical (unpaired) electrons. The minimum Gasteiger partial charge on any atom is -0.354 e. The van der Waals surface area contributed by atoms with E-state index >= 15 is 0 Å². The first-order chi connectivity index (χ1) is 11.7. The van der Waals surface area contributed by atoms with Crippen LogP contribution in [0, 0.1) is 5.92 Å². The number of rotatable bonds is 5. The number of benzene rings is 1. The highest BCUT2D eigenvalue weighted by Crippen LogP contribution is 2.27. The van der Waals surface area contributed by atoms with E-state index in [0.29, 0.717) is 23.6 Å². The number of hydrogen-bond acceptors (Lipinski definition) is 3. The van der Waals surface area contributed by atoms with Gasteiger partial charge in [-0.1, -0.05) is 18.2 Å². The molecule has 1 aliphatic carbocycles. The highest BCUT2D eigenvalue weighted by atomic mass is 16.2. The van der Waals surface area contributed by atoms with Crippen LogP contribution in [0.2, 0.25) is 0 Å². The van der Waals surface area contributed by atoms with Crippen LogP contribution in [0.4, 0.5) is 0 Å². The van der Waals surface area contributed by atoms with E-state index in [1.54, 1.807) is 16.8 Å². The molecule has 2 aromatic heterocycles. The maximum atomic E-state index is 12.9. The molecule has 1 aromatic carbocycles. The van der Waals surface area contributed by atoms with Gasteiger partial charge in [-0.05, 0) is 43.0 Å². The van der Waals surface area contributed by atoms with E-state index in [2.05, 4.69) is 10.3 Å². The summed E-state index contributed by atoms with van der Waals surface area (Å²) in [6, 6.07) is 12.9. The molecule has 6 heteroatoms. The second-order valence-corrected chi connectivity index (χ2v) is 6.13. The highest BCUT2D eigenvalue weighted by molar-refractivity contribution is 5.80. The Morgan fingerprint density at radius 1 is 1.17 bits per heavy atom. The van der Waals surface area contributed by atoms with Gasteiger partial charge in [0.1, 0.15) is 6.54 Å². The minimum absolute atomic E-state index is 0.00752. The molecule has 6 nitrogen and oxygen atoms in total. The number of imidazole rings is 1. The fraction of sp³-hybridized carbons (Fsp3) is 0.278. The van der Waals surface area contributed by atoms with Crippen LogP contribution in [-0.2, 0) is 11.3 Å². The summed E-state index contributed by atoms with van der Waals surface area (Å²) in [5, 5.41) is 2.91. The van der Waals surface area contributed by atoms with Crippen molar-refractivity contribution in [1.29, 1.82) is 0 Å². The maximum absolute atomic E-state index is 12.9. The van der Waals surface area contributed by atoms with Crippen LogP contribution in [0.5, 0.6) is 0 Å². The van der Waals surface area contributed by atoms with Gasteiger partial charge in [0, 0.05) is 12.7 Å². The second-order valence-electron chi connectivity index (χ2n) is 6.13. The van der Waals surface area contributed by atoms with Crippen LogP contribution < -0.4 is 11.0 Å². The van der Waals surface area contributed by atoms with E-state index in [1.807, 2.05) is 36.4 Å². The number of carbonyl (C=O) groups is 1. The Morgan fingerprint density at radius 2 is 1.96 bits per heavy atom. The fourth-order valence-corrected chi connectivity index (χ4v) is 2.83. The summed E-state index contributed by atoms with van der Waals surface area (Å²) in [7, 11) is 0. The standard InChI is InChI=1S/C18H18N4O2/c23-16(20-11-13-8-9-13)12-21-15-7-4-10-19-17(15)22(18(21)24)14-5-2-1-3-6-14/h1-7,10,13H,8-9,11-12H2,(H,20,23). The molecule has 1 aliphatic rings. The molecule has 0 atom stereocenters. The van der Waals surface area contributed by atoms with Crippen molar-refractivity contribution in [2.45, 2.75) is 19.4 Å². The van der Waals surface area contributed by atoms with Gasteiger partial charge in [-0.15, -0.1) is 0 Å². The lowest BCUT2D eigenvalue weighted by atomic mass is 10.3. The zero-order valence-electron chi connectivity index (χ0n) is 13.2. The third kappa shape index (κ3) is 2.71. The Hall–Kier alpha value is -2.89. The topological polar surface area (TPSA) is 68.9 Å². The number of nitrogens with one attached hydrogen (secondary N) is 1. The van der Waals surface area contributed by atoms with Gasteiger partial charge in [-0.25, -0.2) is 14.3 Å². The number of para-hydroxylation sites is 1. The lowest BCUT2D eigenvalue weighted by Gasteiger charge is -2.05. The van der Waals surface area contributed by atoms with E-state index in [9.17, 15) is 9.59 Å². The summed E-state index contributed by atoms with van der Waals surface area (Å²) in [5.74, 6) is 0.470. The summed E-state index contributed by atoms with van der Waals surface area (Å²) in [6.07, 6.45) is 4.01. The van der Waals surface area contributed by atoms with Crippen molar-refractivity contribution >= 4 is 17.1 Å². The van der Waals surface area contributed by atoms with Crippen molar-refractivity contribution in [3.05, 3.63) is 59.1 Å². The Kier molecular flexibility index (Phi) is 3.65. The Morgan fingerprint density at radius 3 is 2.71 bits per heavy atom. The van der Waals surface area contributed by atoms with Gasteiger partial charge in [0.15, 0.2) is 5.65 Å². The van der Waals surface area contributed by atoms with Gasteiger partial charge >= 0.3 is 5.69 Å². The Balaban J connectivity index is 1.74. The van der Waals surface area contributed by atoms with E-state index in [4.69, 9.17) is 0 Å². The third-order valence-corrected chi connectivity index (χ3v) is 4.29. The van der Waals surface area contributed by atoms with Crippen molar-refractivity contribution in [2.24, 2.45) is 5.92 Å². The normalized spacial score (nSPS) is 14.0. The molecule has 2 heterocycles. The Labute approximate surface area is 138 Å². The van der Waals surface area contributed by atoms with Crippen molar-refractivity contribution < 1.29 is 4.79 Å². The Bertz CT molecular complexity index is 939. The molecule has 24 heavy (non-hydrogen) atoms. The van der Waals surface area contributed by atoms with Crippen LogP contribution in [0.1, 0.15) is 12.8 Å². The average molecular weight is 322 g/mol. The largest absolute Gasteiger partial charge is 0.354 e. The van der Waals surface area contributed by atoms with Crippen molar-refractivity contribution in [3.63, 3.8) is 0 Å². The van der Waals surface area contributed by atoms with E-state index < -0.39 is 0 Å². The van der Waals surface area contributed by atoms with Crippen LogP contribution in [0.15, 0.2) is 53.5 Å². The van der Waals surface area contributed by atoms with Gasteiger partial charge in [-0.3, -0.25) is 9.36 Å². The van der Waals surface area contributed by atoms with E-state index in [0.717, 1.165) is 5.69 Å². The SMILES string of the molecule is O=C(Cn1c(=O)n(-c2ccccc2)c2ncccc21)NCC1CC1. The number of amides is 1. The minimum atomic E-state index is -0.253. The first-order valence-electron chi connectivity index (χ1n) is 8.12. The molecular formula is C18H18N4O2. The summed E-state index contributed by atoms with van der Waals surface area (Å²) in [5.41, 5.74) is 1.71. The number of hydrogen-bond donors (Lipinski definition) is 1. The zero-order valence-corrected chi connectivity index (χ0v) is 13.2. The monoisotopic (exact) mass is 322 g/mol. The molecule has 3 aromatic rings. The van der Waals surface area contributed by atoms with Crippen LogP contribution in [-0.4, -0.2) is 26.6 Å². The van der Waals surface area contributed by atoms with E-state index in [1.165, 1.54) is 17.4 Å². The molecular weight excluding hydrogens is 304 g/mol. The van der Waals surface area contributed by atoms with Gasteiger partial charge in [0.2, 0.25) is 5.91 Å². The first-order valence-corrected chi connectivity index (χ1v) is 8.12.